The lowest BCUT2D eigenvalue weighted by atomic mass is 9.79. The molecule has 3 heterocycles. The average Bonchev–Trinajstić information content (AvgIpc) is 3.51. The van der Waals surface area contributed by atoms with Gasteiger partial charge in [0.25, 0.3) is 5.91 Å². The van der Waals surface area contributed by atoms with Crippen LogP contribution in [0, 0.1) is 17.8 Å². The van der Waals surface area contributed by atoms with Gasteiger partial charge in [0.1, 0.15) is 0 Å². The Balaban J connectivity index is 1.22. The van der Waals surface area contributed by atoms with Crippen molar-refractivity contribution in [2.75, 3.05) is 0 Å². The number of amides is 2. The van der Waals surface area contributed by atoms with Crippen molar-refractivity contribution in [2.45, 2.75) is 102 Å². The maximum Gasteiger partial charge on any atom is 0.274 e. The number of aromatic nitrogens is 6. The topological polar surface area (TPSA) is 119 Å². The van der Waals surface area contributed by atoms with Crippen LogP contribution in [0.2, 0.25) is 0 Å². The fourth-order valence-corrected chi connectivity index (χ4v) is 6.31. The second kappa shape index (κ2) is 11.5. The molecule has 0 bridgehead atoms. The lowest BCUT2D eigenvalue weighted by Crippen LogP contribution is -2.39. The molecule has 3 fully saturated rings. The van der Waals surface area contributed by atoms with Crippen LogP contribution in [-0.2, 0) is 11.3 Å². The van der Waals surface area contributed by atoms with Gasteiger partial charge in [0.2, 0.25) is 17.8 Å². The number of rotatable bonds is 11. The molecule has 43 heavy (non-hydrogen) atoms. The van der Waals surface area contributed by atoms with Crippen molar-refractivity contribution in [1.29, 1.82) is 0 Å². The van der Waals surface area contributed by atoms with E-state index in [2.05, 4.69) is 25.9 Å². The molecule has 232 valence electrons. The van der Waals surface area contributed by atoms with Gasteiger partial charge >= 0.3 is 0 Å². The molecule has 3 aliphatic carbocycles. The van der Waals surface area contributed by atoms with E-state index < -0.39 is 23.8 Å². The van der Waals surface area contributed by atoms with Crippen LogP contribution in [0.15, 0.2) is 24.7 Å². The first-order chi connectivity index (χ1) is 20.5. The fourth-order valence-electron chi connectivity index (χ4n) is 6.31. The van der Waals surface area contributed by atoms with E-state index in [4.69, 9.17) is 4.98 Å². The number of alkyl halides is 4. The van der Waals surface area contributed by atoms with Crippen molar-refractivity contribution in [3.63, 3.8) is 0 Å². The molecule has 2 amide bonds. The van der Waals surface area contributed by atoms with Gasteiger partial charge in [-0.1, -0.05) is 6.92 Å². The molecule has 14 heteroatoms. The summed E-state index contributed by atoms with van der Waals surface area (Å²) in [6.07, 6.45) is 6.84. The summed E-state index contributed by atoms with van der Waals surface area (Å²) in [5.41, 5.74) is 1.87. The highest BCUT2D eigenvalue weighted by Crippen LogP contribution is 2.45. The zero-order chi connectivity index (χ0) is 30.4. The first-order valence-electron chi connectivity index (χ1n) is 15.1. The third kappa shape index (κ3) is 6.82. The molecule has 2 N–H and O–H groups in total. The Labute approximate surface area is 246 Å². The van der Waals surface area contributed by atoms with Crippen molar-refractivity contribution in [2.24, 2.45) is 17.8 Å². The lowest BCUT2D eigenvalue weighted by molar-refractivity contribution is -0.134. The molecule has 2 atom stereocenters. The number of nitrogens with one attached hydrogen (secondary N) is 2. The number of hydrogen-bond acceptors (Lipinski definition) is 6. The number of carbonyl (C=O) groups is 2. The summed E-state index contributed by atoms with van der Waals surface area (Å²) in [4.78, 5) is 32.1. The molecule has 3 saturated carbocycles. The predicted octanol–water partition coefficient (Wildman–Crippen LogP) is 5.03. The monoisotopic (exact) mass is 604 g/mol. The highest BCUT2D eigenvalue weighted by molar-refractivity contribution is 5.92. The summed E-state index contributed by atoms with van der Waals surface area (Å²) < 4.78 is 56.1. The lowest BCUT2D eigenvalue weighted by Gasteiger charge is -2.34. The van der Waals surface area contributed by atoms with E-state index in [0.717, 1.165) is 24.8 Å². The number of aryl methyl sites for hydroxylation is 1. The minimum atomic E-state index is -2.73. The molecule has 0 saturated heterocycles. The van der Waals surface area contributed by atoms with E-state index in [1.165, 1.54) is 11.0 Å². The summed E-state index contributed by atoms with van der Waals surface area (Å²) >= 11 is 0. The van der Waals surface area contributed by atoms with Crippen LogP contribution >= 0.6 is 0 Å². The van der Waals surface area contributed by atoms with E-state index in [-0.39, 0.29) is 80.3 Å². The van der Waals surface area contributed by atoms with Crippen molar-refractivity contribution in [3.8, 4) is 0 Å². The van der Waals surface area contributed by atoms with Gasteiger partial charge in [0, 0.05) is 32.1 Å². The van der Waals surface area contributed by atoms with Crippen LogP contribution in [0.1, 0.15) is 105 Å². The number of fused-ring (bicyclic) bond motifs is 1. The van der Waals surface area contributed by atoms with Crippen LogP contribution in [0.25, 0.3) is 5.65 Å². The molecule has 3 aliphatic rings. The molecule has 0 aromatic carbocycles. The van der Waals surface area contributed by atoms with Gasteiger partial charge in [0.15, 0.2) is 11.3 Å². The smallest absolute Gasteiger partial charge is 0.274 e. The SMILES string of the molecule is CCCn1ncc(C(=O)N[C@H](c2cn3ncc(C(NC(=O)CC4CC(F)(F)C4)C4CC4)cc3n2)C2CCC(F)(F)CC2)n1. The number of nitrogens with zero attached hydrogens (tertiary/aromatic N) is 6. The third-order valence-corrected chi connectivity index (χ3v) is 8.81. The van der Waals surface area contributed by atoms with Gasteiger partial charge < -0.3 is 10.6 Å². The van der Waals surface area contributed by atoms with Crippen LogP contribution in [0.4, 0.5) is 17.6 Å². The molecular formula is C29H36F4N8O2. The number of hydrogen-bond donors (Lipinski definition) is 2. The molecule has 3 aromatic heterocycles. The summed E-state index contributed by atoms with van der Waals surface area (Å²) in [7, 11) is 0. The molecule has 10 nitrogen and oxygen atoms in total. The van der Waals surface area contributed by atoms with Gasteiger partial charge in [-0.05, 0) is 61.5 Å². The first-order valence-corrected chi connectivity index (χ1v) is 15.1. The van der Waals surface area contributed by atoms with Crippen LogP contribution in [-0.4, -0.2) is 53.3 Å². The molecule has 0 aliphatic heterocycles. The van der Waals surface area contributed by atoms with Crippen molar-refractivity contribution in [3.05, 3.63) is 41.6 Å². The molecule has 6 rings (SSSR count). The van der Waals surface area contributed by atoms with Crippen LogP contribution in [0.5, 0.6) is 0 Å². The maximum absolute atomic E-state index is 14.0. The van der Waals surface area contributed by atoms with Gasteiger partial charge in [-0.2, -0.15) is 15.0 Å². The Kier molecular flexibility index (Phi) is 7.88. The fraction of sp³-hybridized carbons (Fsp3) is 0.655. The Morgan fingerprint density at radius 3 is 2.37 bits per heavy atom. The number of carbonyl (C=O) groups excluding carboxylic acids is 2. The van der Waals surface area contributed by atoms with Gasteiger partial charge in [-0.25, -0.2) is 27.1 Å². The minimum absolute atomic E-state index is 0.0655. The van der Waals surface area contributed by atoms with E-state index in [1.54, 1.807) is 16.9 Å². The Morgan fingerprint density at radius 1 is 0.977 bits per heavy atom. The van der Waals surface area contributed by atoms with Gasteiger partial charge in [-0.15, -0.1) is 5.10 Å². The summed E-state index contributed by atoms with van der Waals surface area (Å²) in [6.45, 7) is 2.54. The molecule has 0 spiro atoms. The van der Waals surface area contributed by atoms with Crippen LogP contribution < -0.4 is 10.6 Å². The second-order valence-corrected chi connectivity index (χ2v) is 12.4. The van der Waals surface area contributed by atoms with E-state index >= 15 is 0 Å². The molecular weight excluding hydrogens is 568 g/mol. The number of halogens is 4. The maximum atomic E-state index is 14.0. The molecule has 1 unspecified atom stereocenters. The predicted molar refractivity (Wildman–Crippen MR) is 146 cm³/mol. The Morgan fingerprint density at radius 2 is 1.70 bits per heavy atom. The van der Waals surface area contributed by atoms with Gasteiger partial charge in [-0.3, -0.25) is 9.59 Å². The minimum Gasteiger partial charge on any atom is -0.349 e. The first kappa shape index (κ1) is 29.5. The Bertz CT molecular complexity index is 1470. The standard InChI is InChI=1S/C29H36F4N8O2/c1-2-9-41-35-15-21(39-41)27(43)38-26(19-5-7-28(30,31)8-6-19)22-16-40-23(36-22)11-20(14-34-40)25(18-3-4-18)37-24(42)10-17-12-29(32,33)13-17/h11,14-19,25-26H,2-10,12-13H2,1H3,(H,37,42)(H,38,43)/t25?,26-/m0/s1. The van der Waals surface area contributed by atoms with E-state index in [0.29, 0.717) is 17.9 Å². The highest BCUT2D eigenvalue weighted by atomic mass is 19.3. The normalized spacial score (nSPS) is 21.7. The van der Waals surface area contributed by atoms with E-state index in [9.17, 15) is 27.2 Å². The molecule has 0 radical (unpaired) electrons. The third-order valence-electron chi connectivity index (χ3n) is 8.81. The summed E-state index contributed by atoms with van der Waals surface area (Å²) in [5.74, 6) is -6.47. The van der Waals surface area contributed by atoms with Crippen LogP contribution in [0.3, 0.4) is 0 Å². The summed E-state index contributed by atoms with van der Waals surface area (Å²) in [5, 5.41) is 18.9. The second-order valence-electron chi connectivity index (χ2n) is 12.4. The quantitative estimate of drug-likeness (QED) is 0.297. The van der Waals surface area contributed by atoms with Gasteiger partial charge in [0.05, 0.1) is 42.9 Å². The van der Waals surface area contributed by atoms with Crippen molar-refractivity contribution < 1.29 is 27.2 Å². The van der Waals surface area contributed by atoms with Crippen molar-refractivity contribution in [1.82, 2.24) is 40.2 Å². The number of imidazole rings is 1. The Hall–Kier alpha value is -3.58. The largest absolute Gasteiger partial charge is 0.349 e. The molecule has 3 aromatic rings. The zero-order valence-corrected chi connectivity index (χ0v) is 24.0. The van der Waals surface area contributed by atoms with E-state index in [1.807, 2.05) is 13.0 Å². The highest BCUT2D eigenvalue weighted by Gasteiger charge is 2.46. The zero-order valence-electron chi connectivity index (χ0n) is 24.0. The summed E-state index contributed by atoms with van der Waals surface area (Å²) in [6, 6.07) is 0.860. The van der Waals surface area contributed by atoms with Crippen molar-refractivity contribution >= 4 is 17.5 Å². The average molecular weight is 605 g/mol.